The number of aldehydes is 1. The zero-order valence-electron chi connectivity index (χ0n) is 14.7. The van der Waals surface area contributed by atoms with Crippen molar-refractivity contribution in [2.24, 2.45) is 23.2 Å². The van der Waals surface area contributed by atoms with E-state index < -0.39 is 0 Å². The van der Waals surface area contributed by atoms with E-state index in [9.17, 15) is 4.79 Å². The molecule has 1 aliphatic heterocycles. The Morgan fingerprint density at radius 3 is 2.79 bits per heavy atom. The summed E-state index contributed by atoms with van der Waals surface area (Å²) in [6.45, 7) is 3.87. The Kier molecular flexibility index (Phi) is 3.37. The number of fused-ring (bicyclic) bond motifs is 4. The second kappa shape index (κ2) is 5.28. The van der Waals surface area contributed by atoms with E-state index in [0.29, 0.717) is 11.8 Å². The fourth-order valence-corrected chi connectivity index (χ4v) is 6.56. The molecule has 0 aromatic rings. The minimum Gasteiger partial charge on any atom is -0.347 e. The summed E-state index contributed by atoms with van der Waals surface area (Å²) >= 11 is 0. The molecule has 1 spiro atoms. The highest BCUT2D eigenvalue weighted by Crippen LogP contribution is 2.61. The molecule has 1 saturated heterocycles. The Morgan fingerprint density at radius 2 is 2.00 bits per heavy atom. The lowest BCUT2D eigenvalue weighted by Gasteiger charge is -2.48. The van der Waals surface area contributed by atoms with Gasteiger partial charge in [-0.3, -0.25) is 0 Å². The molecule has 0 amide bonds. The van der Waals surface area contributed by atoms with Gasteiger partial charge in [-0.2, -0.15) is 0 Å². The van der Waals surface area contributed by atoms with Gasteiger partial charge in [-0.05, 0) is 66.9 Å². The van der Waals surface area contributed by atoms with E-state index in [1.54, 1.807) is 16.7 Å². The smallest absolute Gasteiger partial charge is 0.172 e. The van der Waals surface area contributed by atoms with Gasteiger partial charge < -0.3 is 14.3 Å². The van der Waals surface area contributed by atoms with E-state index in [4.69, 9.17) is 9.47 Å². The van der Waals surface area contributed by atoms with Crippen molar-refractivity contribution in [3.8, 4) is 0 Å². The molecule has 2 unspecified atom stereocenters. The predicted molar refractivity (Wildman–Crippen MR) is 91.3 cm³/mol. The zero-order valence-corrected chi connectivity index (χ0v) is 14.7. The molecule has 1 saturated carbocycles. The number of ether oxygens (including phenoxy) is 2. The molecule has 24 heavy (non-hydrogen) atoms. The lowest BCUT2D eigenvalue weighted by atomic mass is 9.57. The van der Waals surface area contributed by atoms with Crippen LogP contribution in [-0.2, 0) is 14.3 Å². The average molecular weight is 328 g/mol. The summed E-state index contributed by atoms with van der Waals surface area (Å²) in [5, 5.41) is 0. The van der Waals surface area contributed by atoms with Crippen LogP contribution in [0.25, 0.3) is 0 Å². The highest BCUT2D eigenvalue weighted by atomic mass is 16.7. The topological polar surface area (TPSA) is 35.5 Å². The molecule has 3 heteroatoms. The summed E-state index contributed by atoms with van der Waals surface area (Å²) in [6.07, 6.45) is 12.7. The molecular weight excluding hydrogens is 300 g/mol. The maximum Gasteiger partial charge on any atom is 0.172 e. The van der Waals surface area contributed by atoms with Crippen molar-refractivity contribution in [1.82, 2.24) is 0 Å². The highest BCUT2D eigenvalue weighted by molar-refractivity contribution is 5.57. The molecule has 0 aromatic heterocycles. The van der Waals surface area contributed by atoms with Gasteiger partial charge in [0.1, 0.15) is 6.29 Å². The van der Waals surface area contributed by atoms with E-state index in [-0.39, 0.29) is 17.1 Å². The van der Waals surface area contributed by atoms with Crippen LogP contribution in [0.1, 0.15) is 58.3 Å². The number of carbonyl (C=O) groups excluding carboxylic acids is 1. The van der Waals surface area contributed by atoms with Gasteiger partial charge in [0.15, 0.2) is 5.79 Å². The van der Waals surface area contributed by atoms with Gasteiger partial charge in [0.2, 0.25) is 0 Å². The molecule has 4 atom stereocenters. The van der Waals surface area contributed by atoms with Gasteiger partial charge in [-0.15, -0.1) is 0 Å². The van der Waals surface area contributed by atoms with Gasteiger partial charge in [0, 0.05) is 18.8 Å². The van der Waals surface area contributed by atoms with E-state index in [1.807, 2.05) is 0 Å². The Bertz CT molecular complexity index is 625. The van der Waals surface area contributed by atoms with E-state index >= 15 is 0 Å². The van der Waals surface area contributed by atoms with Crippen LogP contribution in [0.2, 0.25) is 0 Å². The van der Waals surface area contributed by atoms with Crippen LogP contribution < -0.4 is 0 Å². The third-order valence-corrected chi connectivity index (χ3v) is 7.88. The molecule has 2 fully saturated rings. The lowest BCUT2D eigenvalue weighted by molar-refractivity contribution is -0.164. The van der Waals surface area contributed by atoms with Crippen LogP contribution in [0.3, 0.4) is 0 Å². The van der Waals surface area contributed by atoms with Crippen molar-refractivity contribution in [3.63, 3.8) is 0 Å². The van der Waals surface area contributed by atoms with E-state index in [0.717, 1.165) is 45.3 Å². The van der Waals surface area contributed by atoms with Crippen molar-refractivity contribution in [2.75, 3.05) is 13.2 Å². The first-order valence-electron chi connectivity index (χ1n) is 9.80. The third-order valence-electron chi connectivity index (χ3n) is 7.88. The Morgan fingerprint density at radius 1 is 1.17 bits per heavy atom. The zero-order chi connectivity index (χ0) is 16.4. The minimum absolute atomic E-state index is 0.210. The predicted octanol–water partition coefficient (Wildman–Crippen LogP) is 4.18. The van der Waals surface area contributed by atoms with Gasteiger partial charge in [-0.1, -0.05) is 18.6 Å². The van der Waals surface area contributed by atoms with Crippen molar-refractivity contribution in [2.45, 2.75) is 64.1 Å². The molecule has 130 valence electrons. The second-order valence-corrected chi connectivity index (χ2v) is 8.81. The summed E-state index contributed by atoms with van der Waals surface area (Å²) in [5.74, 6) is 1.36. The summed E-state index contributed by atoms with van der Waals surface area (Å²) in [4.78, 5) is 11.5. The lowest BCUT2D eigenvalue weighted by Crippen LogP contribution is -2.41. The maximum atomic E-state index is 11.5. The van der Waals surface area contributed by atoms with Gasteiger partial charge >= 0.3 is 0 Å². The first kappa shape index (κ1) is 15.3. The minimum atomic E-state index is -0.300. The van der Waals surface area contributed by atoms with Crippen LogP contribution in [0.4, 0.5) is 0 Å². The van der Waals surface area contributed by atoms with Crippen LogP contribution in [0.15, 0.2) is 22.8 Å². The Balaban J connectivity index is 1.47. The Labute approximate surface area is 144 Å². The quantitative estimate of drug-likeness (QED) is 0.677. The summed E-state index contributed by atoms with van der Waals surface area (Å²) in [5.41, 5.74) is 5.08. The third kappa shape index (κ3) is 2.00. The molecule has 5 rings (SSSR count). The van der Waals surface area contributed by atoms with Gasteiger partial charge in [0.05, 0.1) is 13.2 Å². The van der Waals surface area contributed by atoms with Crippen LogP contribution in [-0.4, -0.2) is 25.3 Å². The van der Waals surface area contributed by atoms with Crippen molar-refractivity contribution >= 4 is 6.29 Å². The van der Waals surface area contributed by atoms with Crippen molar-refractivity contribution in [1.29, 1.82) is 0 Å². The summed E-state index contributed by atoms with van der Waals surface area (Å²) < 4.78 is 11.9. The monoisotopic (exact) mass is 328 g/mol. The van der Waals surface area contributed by atoms with Crippen LogP contribution >= 0.6 is 0 Å². The first-order valence-corrected chi connectivity index (χ1v) is 9.80. The standard InChI is InChI=1S/C21H28O3/c1-20-8-6-17-16-7-9-21(23-10-11-24-21)12-14(16)2-4-18(17)19(20)5-3-15(20)13-22/h6,13,15,18-19H,2-5,7-12H2,1H3/t15-,18?,19?,20-/m1/s1. The fourth-order valence-electron chi connectivity index (χ4n) is 6.56. The fraction of sp³-hybridized carbons (Fsp3) is 0.762. The van der Waals surface area contributed by atoms with Crippen LogP contribution in [0.5, 0.6) is 0 Å². The largest absolute Gasteiger partial charge is 0.347 e. The summed E-state index contributed by atoms with van der Waals surface area (Å²) in [7, 11) is 0. The normalized spacial score (nSPS) is 43.2. The van der Waals surface area contributed by atoms with Crippen LogP contribution in [0, 0.1) is 23.2 Å². The molecule has 4 aliphatic carbocycles. The highest BCUT2D eigenvalue weighted by Gasteiger charge is 2.53. The number of allylic oxidation sites excluding steroid dienone is 3. The van der Waals surface area contributed by atoms with Gasteiger partial charge in [-0.25, -0.2) is 0 Å². The number of carbonyl (C=O) groups is 1. The SMILES string of the molecule is C[C@]12CC=C3C4=C(CCC3C1CC[C@@H]2C=O)CC1(CC4)OCCO1. The van der Waals surface area contributed by atoms with E-state index in [1.165, 1.54) is 25.5 Å². The maximum absolute atomic E-state index is 11.5. The molecule has 0 N–H and O–H groups in total. The Hall–Kier alpha value is -0.930. The molecule has 0 bridgehead atoms. The second-order valence-electron chi connectivity index (χ2n) is 8.81. The number of hydrogen-bond acceptors (Lipinski definition) is 3. The van der Waals surface area contributed by atoms with E-state index in [2.05, 4.69) is 13.0 Å². The number of rotatable bonds is 1. The summed E-state index contributed by atoms with van der Waals surface area (Å²) in [6, 6.07) is 0. The molecule has 3 nitrogen and oxygen atoms in total. The average Bonchev–Trinajstić information content (AvgIpc) is 3.18. The number of hydrogen-bond donors (Lipinski definition) is 0. The molecule has 5 aliphatic rings. The first-order chi connectivity index (χ1) is 11.7. The molecular formula is C21H28O3. The molecule has 0 aromatic carbocycles. The van der Waals surface area contributed by atoms with Crippen molar-refractivity contribution < 1.29 is 14.3 Å². The molecule has 1 heterocycles. The van der Waals surface area contributed by atoms with Gasteiger partial charge in [0.25, 0.3) is 0 Å². The van der Waals surface area contributed by atoms with Crippen molar-refractivity contribution in [3.05, 3.63) is 22.8 Å². The molecule has 0 radical (unpaired) electrons.